The van der Waals surface area contributed by atoms with E-state index >= 15 is 0 Å². The van der Waals surface area contributed by atoms with Gasteiger partial charge in [0.1, 0.15) is 0 Å². The van der Waals surface area contributed by atoms with E-state index in [-0.39, 0.29) is 6.04 Å². The number of rotatable bonds is 4. The molecule has 2 N–H and O–H groups in total. The molecule has 2 nitrogen and oxygen atoms in total. The lowest BCUT2D eigenvalue weighted by molar-refractivity contribution is 0.174. The molecule has 1 saturated heterocycles. The topological polar surface area (TPSA) is 29.3 Å². The van der Waals surface area contributed by atoms with Crippen molar-refractivity contribution in [1.29, 1.82) is 0 Å². The molecular weight excluding hydrogens is 324 g/mol. The number of benzene rings is 1. The molecule has 0 saturated carbocycles. The van der Waals surface area contributed by atoms with Crippen molar-refractivity contribution < 1.29 is 0 Å². The van der Waals surface area contributed by atoms with Gasteiger partial charge in [-0.25, -0.2) is 0 Å². The van der Waals surface area contributed by atoms with Crippen LogP contribution >= 0.6 is 15.9 Å². The summed E-state index contributed by atoms with van der Waals surface area (Å²) in [5, 5.41) is 0. The zero-order valence-corrected chi connectivity index (χ0v) is 15.4. The molecular formula is C18H29BrN2. The summed E-state index contributed by atoms with van der Waals surface area (Å²) in [6.45, 7) is 11.6. The second-order valence-electron chi connectivity index (χ2n) is 7.42. The lowest BCUT2D eigenvalue weighted by atomic mass is 9.80. The highest BCUT2D eigenvalue weighted by Crippen LogP contribution is 2.38. The third kappa shape index (κ3) is 4.08. The van der Waals surface area contributed by atoms with Crippen LogP contribution in [-0.2, 0) is 0 Å². The molecule has 1 fully saturated rings. The van der Waals surface area contributed by atoms with Crippen LogP contribution in [0.5, 0.6) is 0 Å². The summed E-state index contributed by atoms with van der Waals surface area (Å²) < 4.78 is 1.14. The predicted octanol–water partition coefficient (Wildman–Crippen LogP) is 4.60. The Morgan fingerprint density at radius 2 is 2.10 bits per heavy atom. The predicted molar refractivity (Wildman–Crippen MR) is 94.3 cm³/mol. The van der Waals surface area contributed by atoms with Gasteiger partial charge in [0.15, 0.2) is 0 Å². The Kier molecular flexibility index (Phi) is 5.50. The number of halogens is 1. The van der Waals surface area contributed by atoms with E-state index < -0.39 is 0 Å². The van der Waals surface area contributed by atoms with Gasteiger partial charge in [0.05, 0.1) is 0 Å². The molecule has 0 aliphatic carbocycles. The number of hydrogen-bond donors (Lipinski definition) is 1. The standard InChI is InChI=1S/C18H29BrN2/c1-5-16(20)17(13-7-6-8-15(19)11-13)21-10-9-14(12-21)18(2,3)4/h6-8,11,14,16-17H,5,9-10,12,20H2,1-4H3. The summed E-state index contributed by atoms with van der Waals surface area (Å²) in [5.41, 5.74) is 8.20. The van der Waals surface area contributed by atoms with Crippen LogP contribution in [0.25, 0.3) is 0 Å². The summed E-state index contributed by atoms with van der Waals surface area (Å²) in [6, 6.07) is 9.17. The molecule has 21 heavy (non-hydrogen) atoms. The van der Waals surface area contributed by atoms with Crippen LogP contribution in [0, 0.1) is 11.3 Å². The molecule has 1 heterocycles. The van der Waals surface area contributed by atoms with Crippen LogP contribution in [0.3, 0.4) is 0 Å². The van der Waals surface area contributed by atoms with Gasteiger partial charge in [0, 0.05) is 23.1 Å². The van der Waals surface area contributed by atoms with Gasteiger partial charge < -0.3 is 5.73 Å². The minimum Gasteiger partial charge on any atom is -0.326 e. The monoisotopic (exact) mass is 352 g/mol. The molecule has 0 amide bonds. The number of nitrogens with two attached hydrogens (primary N) is 1. The average Bonchev–Trinajstić information content (AvgIpc) is 2.88. The quantitative estimate of drug-likeness (QED) is 0.857. The van der Waals surface area contributed by atoms with Crippen molar-refractivity contribution in [3.05, 3.63) is 34.3 Å². The van der Waals surface area contributed by atoms with Crippen molar-refractivity contribution in [3.8, 4) is 0 Å². The Hall–Kier alpha value is -0.380. The Morgan fingerprint density at radius 1 is 1.38 bits per heavy atom. The van der Waals surface area contributed by atoms with Gasteiger partial charge in [0.2, 0.25) is 0 Å². The van der Waals surface area contributed by atoms with Gasteiger partial charge in [-0.05, 0) is 48.4 Å². The highest BCUT2D eigenvalue weighted by molar-refractivity contribution is 9.10. The highest BCUT2D eigenvalue weighted by Gasteiger charge is 2.36. The van der Waals surface area contributed by atoms with Gasteiger partial charge in [0.25, 0.3) is 0 Å². The van der Waals surface area contributed by atoms with Crippen molar-refractivity contribution in [1.82, 2.24) is 4.90 Å². The molecule has 3 heteroatoms. The fourth-order valence-electron chi connectivity index (χ4n) is 3.39. The molecule has 1 aromatic carbocycles. The van der Waals surface area contributed by atoms with E-state index in [0.29, 0.717) is 11.5 Å². The van der Waals surface area contributed by atoms with E-state index in [1.807, 2.05) is 0 Å². The first-order valence-electron chi connectivity index (χ1n) is 8.08. The fourth-order valence-corrected chi connectivity index (χ4v) is 3.81. The van der Waals surface area contributed by atoms with Gasteiger partial charge >= 0.3 is 0 Å². The van der Waals surface area contributed by atoms with E-state index in [4.69, 9.17) is 5.73 Å². The molecule has 118 valence electrons. The van der Waals surface area contributed by atoms with Gasteiger partial charge in [-0.3, -0.25) is 4.90 Å². The number of likely N-dealkylation sites (tertiary alicyclic amines) is 1. The first kappa shape index (κ1) is 17.0. The van der Waals surface area contributed by atoms with Crippen LogP contribution in [0.2, 0.25) is 0 Å². The molecule has 0 aromatic heterocycles. The minimum absolute atomic E-state index is 0.193. The summed E-state index contributed by atoms with van der Waals surface area (Å²) in [5.74, 6) is 0.760. The van der Waals surface area contributed by atoms with Crippen LogP contribution < -0.4 is 5.73 Å². The van der Waals surface area contributed by atoms with Gasteiger partial charge in [-0.2, -0.15) is 0 Å². The molecule has 1 aliphatic rings. The van der Waals surface area contributed by atoms with Crippen LogP contribution in [0.1, 0.15) is 52.1 Å². The maximum atomic E-state index is 6.48. The highest BCUT2D eigenvalue weighted by atomic mass is 79.9. The third-order valence-corrected chi connectivity index (χ3v) is 5.40. The molecule has 1 aromatic rings. The van der Waals surface area contributed by atoms with Crippen molar-refractivity contribution in [2.45, 2.75) is 52.6 Å². The largest absolute Gasteiger partial charge is 0.326 e. The maximum absolute atomic E-state index is 6.48. The van der Waals surface area contributed by atoms with Crippen LogP contribution in [0.4, 0.5) is 0 Å². The van der Waals surface area contributed by atoms with Crippen LogP contribution in [0.15, 0.2) is 28.7 Å². The second-order valence-corrected chi connectivity index (χ2v) is 8.33. The summed E-state index contributed by atoms with van der Waals surface area (Å²) in [6.07, 6.45) is 2.29. The van der Waals surface area contributed by atoms with Crippen LogP contribution in [-0.4, -0.2) is 24.0 Å². The Bertz CT molecular complexity index is 467. The van der Waals surface area contributed by atoms with E-state index in [1.54, 1.807) is 0 Å². The number of hydrogen-bond acceptors (Lipinski definition) is 2. The van der Waals surface area contributed by atoms with E-state index in [9.17, 15) is 0 Å². The molecule has 2 rings (SSSR count). The Morgan fingerprint density at radius 3 is 2.62 bits per heavy atom. The Labute approximate surface area is 138 Å². The zero-order valence-electron chi connectivity index (χ0n) is 13.8. The van der Waals surface area contributed by atoms with E-state index in [2.05, 4.69) is 72.8 Å². The molecule has 0 bridgehead atoms. The molecule has 3 unspecified atom stereocenters. The summed E-state index contributed by atoms with van der Waals surface area (Å²) in [7, 11) is 0. The molecule has 0 spiro atoms. The van der Waals surface area contributed by atoms with Crippen molar-refractivity contribution in [3.63, 3.8) is 0 Å². The fraction of sp³-hybridized carbons (Fsp3) is 0.667. The lowest BCUT2D eigenvalue weighted by Gasteiger charge is -2.34. The molecule has 0 radical (unpaired) electrons. The smallest absolute Gasteiger partial charge is 0.0499 e. The second kappa shape index (κ2) is 6.80. The van der Waals surface area contributed by atoms with E-state index in [1.165, 1.54) is 12.0 Å². The zero-order chi connectivity index (χ0) is 15.6. The van der Waals surface area contributed by atoms with Crippen molar-refractivity contribution in [2.24, 2.45) is 17.1 Å². The van der Waals surface area contributed by atoms with Crippen molar-refractivity contribution >= 4 is 15.9 Å². The first-order valence-corrected chi connectivity index (χ1v) is 8.87. The SMILES string of the molecule is CCC(N)C(c1cccc(Br)c1)N1CCC(C(C)(C)C)C1. The van der Waals surface area contributed by atoms with E-state index in [0.717, 1.165) is 29.9 Å². The normalized spacial score (nSPS) is 23.2. The van der Waals surface area contributed by atoms with Crippen molar-refractivity contribution in [2.75, 3.05) is 13.1 Å². The summed E-state index contributed by atoms with van der Waals surface area (Å²) in [4.78, 5) is 2.60. The first-order chi connectivity index (χ1) is 9.82. The average molecular weight is 353 g/mol. The van der Waals surface area contributed by atoms with Gasteiger partial charge in [-0.15, -0.1) is 0 Å². The minimum atomic E-state index is 0.193. The molecule has 1 aliphatic heterocycles. The Balaban J connectivity index is 2.22. The summed E-state index contributed by atoms with van der Waals surface area (Å²) >= 11 is 3.59. The molecule has 3 atom stereocenters. The number of nitrogens with zero attached hydrogens (tertiary/aromatic N) is 1. The third-order valence-electron chi connectivity index (χ3n) is 4.90. The maximum Gasteiger partial charge on any atom is 0.0499 e. The lowest BCUT2D eigenvalue weighted by Crippen LogP contribution is -2.40. The van der Waals surface area contributed by atoms with Gasteiger partial charge in [-0.1, -0.05) is 55.8 Å².